The Bertz CT molecular complexity index is 604. The van der Waals surface area contributed by atoms with Crippen molar-refractivity contribution >= 4 is 29.1 Å². The van der Waals surface area contributed by atoms with Gasteiger partial charge in [-0.1, -0.05) is 12.8 Å². The number of morpholine rings is 1. The van der Waals surface area contributed by atoms with Crippen LogP contribution in [-0.2, 0) is 4.74 Å². The van der Waals surface area contributed by atoms with E-state index in [0.29, 0.717) is 16.9 Å². The van der Waals surface area contributed by atoms with Crippen LogP contribution < -0.4 is 20.3 Å². The van der Waals surface area contributed by atoms with Crippen LogP contribution in [0.5, 0.6) is 5.88 Å². The Kier molecular flexibility index (Phi) is 7.85. The van der Waals surface area contributed by atoms with Gasteiger partial charge < -0.3 is 25.0 Å². The molecule has 0 aliphatic carbocycles. The van der Waals surface area contributed by atoms with Crippen molar-refractivity contribution in [2.24, 2.45) is 0 Å². The molecule has 0 saturated carbocycles. The highest BCUT2D eigenvalue weighted by molar-refractivity contribution is 7.80. The molecule has 0 atom stereocenters. The molecule has 2 saturated heterocycles. The third kappa shape index (κ3) is 6.44. The molecular formula is C18H30N6O2S. The average Bonchev–Trinajstić information content (AvgIpc) is 2.98. The van der Waals surface area contributed by atoms with Gasteiger partial charge >= 0.3 is 0 Å². The second-order valence-electron chi connectivity index (χ2n) is 6.83. The van der Waals surface area contributed by atoms with E-state index in [1.54, 1.807) is 7.11 Å². The van der Waals surface area contributed by atoms with Crippen LogP contribution in [0.1, 0.15) is 25.7 Å². The molecule has 0 aromatic carbocycles. The van der Waals surface area contributed by atoms with Crippen molar-refractivity contribution in [3.05, 3.63) is 6.07 Å². The summed E-state index contributed by atoms with van der Waals surface area (Å²) < 4.78 is 10.7. The molecule has 0 amide bonds. The normalized spacial score (nSPS) is 18.6. The predicted molar refractivity (Wildman–Crippen MR) is 111 cm³/mol. The van der Waals surface area contributed by atoms with Gasteiger partial charge in [0.1, 0.15) is 5.82 Å². The smallest absolute Gasteiger partial charge is 0.234 e. The summed E-state index contributed by atoms with van der Waals surface area (Å²) in [6.07, 6.45) is 4.94. The van der Waals surface area contributed by atoms with E-state index in [1.165, 1.54) is 25.7 Å². The molecule has 1 aromatic rings. The van der Waals surface area contributed by atoms with Crippen LogP contribution in [0.2, 0.25) is 0 Å². The molecule has 2 N–H and O–H groups in total. The van der Waals surface area contributed by atoms with E-state index in [9.17, 15) is 0 Å². The van der Waals surface area contributed by atoms with Crippen molar-refractivity contribution < 1.29 is 9.47 Å². The van der Waals surface area contributed by atoms with E-state index in [2.05, 4.69) is 30.4 Å². The van der Waals surface area contributed by atoms with Crippen molar-refractivity contribution in [1.29, 1.82) is 0 Å². The highest BCUT2D eigenvalue weighted by Crippen LogP contribution is 2.22. The summed E-state index contributed by atoms with van der Waals surface area (Å²) >= 11 is 5.40. The van der Waals surface area contributed by atoms with Gasteiger partial charge in [-0.3, -0.25) is 4.90 Å². The van der Waals surface area contributed by atoms with Gasteiger partial charge in [-0.15, -0.1) is 0 Å². The van der Waals surface area contributed by atoms with Gasteiger partial charge in [0.15, 0.2) is 5.11 Å². The van der Waals surface area contributed by atoms with Crippen LogP contribution >= 0.6 is 12.2 Å². The van der Waals surface area contributed by atoms with E-state index >= 15 is 0 Å². The molecule has 0 bridgehead atoms. The zero-order chi connectivity index (χ0) is 18.9. The van der Waals surface area contributed by atoms with E-state index in [0.717, 1.165) is 58.3 Å². The quantitative estimate of drug-likeness (QED) is 0.698. The van der Waals surface area contributed by atoms with Gasteiger partial charge in [-0.2, -0.15) is 9.97 Å². The van der Waals surface area contributed by atoms with Gasteiger partial charge in [-0.05, 0) is 25.1 Å². The highest BCUT2D eigenvalue weighted by Gasteiger charge is 2.15. The largest absolute Gasteiger partial charge is 0.481 e. The maximum Gasteiger partial charge on any atom is 0.234 e. The Morgan fingerprint density at radius 3 is 2.59 bits per heavy atom. The molecule has 3 heterocycles. The van der Waals surface area contributed by atoms with Gasteiger partial charge in [0.25, 0.3) is 0 Å². The summed E-state index contributed by atoms with van der Waals surface area (Å²) in [5.74, 6) is 1.91. The Labute approximate surface area is 166 Å². The Balaban J connectivity index is 1.54. The first-order valence-electron chi connectivity index (χ1n) is 9.77. The zero-order valence-corrected chi connectivity index (χ0v) is 16.9. The van der Waals surface area contributed by atoms with E-state index < -0.39 is 0 Å². The number of aromatic nitrogens is 2. The maximum atomic E-state index is 5.40. The van der Waals surface area contributed by atoms with Crippen LogP contribution in [0, 0.1) is 0 Å². The number of nitrogens with zero attached hydrogens (tertiary/aromatic N) is 4. The molecule has 0 unspecified atom stereocenters. The molecular weight excluding hydrogens is 364 g/mol. The molecule has 2 aliphatic heterocycles. The van der Waals surface area contributed by atoms with Crippen LogP contribution in [0.3, 0.4) is 0 Å². The average molecular weight is 395 g/mol. The molecule has 150 valence electrons. The first-order valence-corrected chi connectivity index (χ1v) is 10.2. The number of ether oxygens (including phenoxy) is 2. The third-order valence-electron chi connectivity index (χ3n) is 4.87. The Hall–Kier alpha value is -1.71. The molecule has 0 spiro atoms. The lowest BCUT2D eigenvalue weighted by Gasteiger charge is -2.26. The second-order valence-corrected chi connectivity index (χ2v) is 7.24. The van der Waals surface area contributed by atoms with Crippen molar-refractivity contribution in [2.45, 2.75) is 25.7 Å². The van der Waals surface area contributed by atoms with Crippen molar-refractivity contribution in [1.82, 2.24) is 20.2 Å². The van der Waals surface area contributed by atoms with E-state index in [4.69, 9.17) is 21.7 Å². The Morgan fingerprint density at radius 2 is 1.89 bits per heavy atom. The predicted octanol–water partition coefficient (Wildman–Crippen LogP) is 1.48. The van der Waals surface area contributed by atoms with Gasteiger partial charge in [-0.25, -0.2) is 0 Å². The number of nitrogens with one attached hydrogen (secondary N) is 2. The number of anilines is 2. The molecule has 3 rings (SSSR count). The number of rotatable bonds is 6. The van der Waals surface area contributed by atoms with Crippen molar-refractivity contribution in [2.75, 3.05) is 69.8 Å². The fourth-order valence-corrected chi connectivity index (χ4v) is 3.53. The summed E-state index contributed by atoms with van der Waals surface area (Å²) in [4.78, 5) is 13.7. The van der Waals surface area contributed by atoms with Crippen molar-refractivity contribution in [3.63, 3.8) is 0 Å². The molecule has 8 nitrogen and oxygen atoms in total. The summed E-state index contributed by atoms with van der Waals surface area (Å²) in [6, 6.07) is 1.89. The van der Waals surface area contributed by atoms with Crippen LogP contribution in [0.25, 0.3) is 0 Å². The summed E-state index contributed by atoms with van der Waals surface area (Å²) in [6.45, 7) is 7.29. The number of methoxy groups -OCH3 is 1. The Morgan fingerprint density at radius 1 is 1.15 bits per heavy atom. The van der Waals surface area contributed by atoms with Gasteiger partial charge in [0.2, 0.25) is 11.8 Å². The van der Waals surface area contributed by atoms with Crippen LogP contribution in [0.4, 0.5) is 11.8 Å². The third-order valence-corrected chi connectivity index (χ3v) is 5.12. The lowest BCUT2D eigenvalue weighted by Crippen LogP contribution is -2.42. The standard InChI is InChI=1S/C18H30N6O2S/c1-25-16-14-15(24-7-4-2-3-5-8-24)20-17(21-16)22-18(27)19-6-9-23-10-12-26-13-11-23/h14H,2-13H2,1H3,(H2,19,20,21,22,27). The topological polar surface area (TPSA) is 74.8 Å². The summed E-state index contributed by atoms with van der Waals surface area (Å²) in [5, 5.41) is 6.85. The zero-order valence-electron chi connectivity index (χ0n) is 16.1. The maximum absolute atomic E-state index is 5.40. The minimum Gasteiger partial charge on any atom is -0.481 e. The number of hydrogen-bond acceptors (Lipinski definition) is 7. The molecule has 2 aliphatic rings. The SMILES string of the molecule is COc1cc(N2CCCCCC2)nc(NC(=S)NCCN2CCOCC2)n1. The van der Waals surface area contributed by atoms with Gasteiger partial charge in [0, 0.05) is 45.3 Å². The molecule has 2 fully saturated rings. The lowest BCUT2D eigenvalue weighted by molar-refractivity contribution is 0.0389. The number of thiocarbonyl (C=S) groups is 1. The first kappa shape index (κ1) is 20.0. The minimum atomic E-state index is 0.470. The fourth-order valence-electron chi connectivity index (χ4n) is 3.33. The summed E-state index contributed by atoms with van der Waals surface area (Å²) in [7, 11) is 1.62. The molecule has 1 aromatic heterocycles. The van der Waals surface area contributed by atoms with Crippen molar-refractivity contribution in [3.8, 4) is 5.88 Å². The highest BCUT2D eigenvalue weighted by atomic mass is 32.1. The molecule has 0 radical (unpaired) electrons. The van der Waals surface area contributed by atoms with E-state index in [-0.39, 0.29) is 0 Å². The first-order chi connectivity index (χ1) is 13.2. The second kappa shape index (κ2) is 10.6. The lowest BCUT2D eigenvalue weighted by atomic mass is 10.2. The van der Waals surface area contributed by atoms with E-state index in [1.807, 2.05) is 6.07 Å². The number of hydrogen-bond donors (Lipinski definition) is 2. The minimum absolute atomic E-state index is 0.470. The van der Waals surface area contributed by atoms with Crippen LogP contribution in [-0.4, -0.2) is 79.6 Å². The van der Waals surface area contributed by atoms with Gasteiger partial charge in [0.05, 0.1) is 20.3 Å². The fraction of sp³-hybridized carbons (Fsp3) is 0.722. The summed E-state index contributed by atoms with van der Waals surface area (Å²) in [5.41, 5.74) is 0. The monoisotopic (exact) mass is 394 g/mol. The molecule has 27 heavy (non-hydrogen) atoms. The van der Waals surface area contributed by atoms with Crippen LogP contribution in [0.15, 0.2) is 6.07 Å². The molecule has 9 heteroatoms.